The number of aliphatic hydroxyl groups is 1. The van der Waals surface area contributed by atoms with Crippen molar-refractivity contribution in [2.24, 2.45) is 0 Å². The highest BCUT2D eigenvalue weighted by Crippen LogP contribution is 2.38. The van der Waals surface area contributed by atoms with Crippen molar-refractivity contribution in [2.75, 3.05) is 7.11 Å². The number of ether oxygens (including phenoxy) is 1. The van der Waals surface area contributed by atoms with E-state index in [4.69, 9.17) is 5.11 Å². The molecule has 0 heterocycles. The number of aliphatic hydroxyl groups excluding tert-OH is 1. The van der Waals surface area contributed by atoms with Crippen molar-refractivity contribution in [3.05, 3.63) is 0 Å². The van der Waals surface area contributed by atoms with Crippen LogP contribution >= 0.6 is 0 Å². The summed E-state index contributed by atoms with van der Waals surface area (Å²) in [7, 11) is 0.761. The quantitative estimate of drug-likeness (QED) is 0.574. The van der Waals surface area contributed by atoms with Gasteiger partial charge in [-0.2, -0.15) is 22.0 Å². The summed E-state index contributed by atoms with van der Waals surface area (Å²) in [5.41, 5.74) is 0. The van der Waals surface area contributed by atoms with Crippen LogP contribution in [0.2, 0.25) is 0 Å². The molecular formula is C6H7F5O3. The Morgan fingerprint density at radius 3 is 2.07 bits per heavy atom. The number of carbonyl (C=O) groups excluding carboxylic acids is 1. The third kappa shape index (κ3) is 3.09. The Morgan fingerprint density at radius 1 is 1.36 bits per heavy atom. The number of hydrogen-bond donors (Lipinski definition) is 1. The highest BCUT2D eigenvalue weighted by molar-refractivity contribution is 5.74. The predicted octanol–water partition coefficient (Wildman–Crippen LogP) is 1.11. The van der Waals surface area contributed by atoms with Crippen molar-refractivity contribution >= 4 is 5.97 Å². The van der Waals surface area contributed by atoms with Gasteiger partial charge in [-0.15, -0.1) is 0 Å². The van der Waals surface area contributed by atoms with Gasteiger partial charge in [-0.1, -0.05) is 0 Å². The van der Waals surface area contributed by atoms with E-state index in [9.17, 15) is 26.7 Å². The van der Waals surface area contributed by atoms with Crippen LogP contribution in [0.3, 0.4) is 0 Å². The molecule has 0 aliphatic heterocycles. The fraction of sp³-hybridized carbons (Fsp3) is 0.833. The molecule has 1 N–H and O–H groups in total. The normalized spacial score (nSPS) is 15.1. The number of halogens is 5. The minimum Gasteiger partial charge on any atom is -0.467 e. The van der Waals surface area contributed by atoms with Gasteiger partial charge in [0.15, 0.2) is 6.10 Å². The SMILES string of the molecule is COC(=O)C(O)CC(F)(F)C(F)(F)F. The molecule has 0 aromatic carbocycles. The van der Waals surface area contributed by atoms with E-state index in [0.29, 0.717) is 0 Å². The van der Waals surface area contributed by atoms with Gasteiger partial charge in [0.05, 0.1) is 13.5 Å². The Morgan fingerprint density at radius 2 is 1.79 bits per heavy atom. The van der Waals surface area contributed by atoms with Crippen LogP contribution in [0.4, 0.5) is 22.0 Å². The van der Waals surface area contributed by atoms with Gasteiger partial charge in [0.25, 0.3) is 0 Å². The molecule has 0 saturated heterocycles. The van der Waals surface area contributed by atoms with E-state index in [1.807, 2.05) is 0 Å². The third-order valence-corrected chi connectivity index (χ3v) is 1.34. The second kappa shape index (κ2) is 4.07. The minimum atomic E-state index is -5.79. The molecule has 0 saturated carbocycles. The lowest BCUT2D eigenvalue weighted by Crippen LogP contribution is -2.41. The average molecular weight is 222 g/mol. The topological polar surface area (TPSA) is 46.5 Å². The number of hydrogen-bond acceptors (Lipinski definition) is 3. The molecule has 0 aliphatic carbocycles. The van der Waals surface area contributed by atoms with E-state index in [-0.39, 0.29) is 0 Å². The average Bonchev–Trinajstić information content (AvgIpc) is 2.00. The first kappa shape index (κ1) is 13.1. The molecule has 0 rings (SSSR count). The van der Waals surface area contributed by atoms with E-state index in [1.54, 1.807) is 0 Å². The van der Waals surface area contributed by atoms with Gasteiger partial charge < -0.3 is 9.84 Å². The second-order valence-electron chi connectivity index (χ2n) is 2.45. The van der Waals surface area contributed by atoms with Crippen molar-refractivity contribution < 1.29 is 36.6 Å². The smallest absolute Gasteiger partial charge is 0.453 e. The maximum absolute atomic E-state index is 12.2. The highest BCUT2D eigenvalue weighted by Gasteiger charge is 2.58. The molecule has 14 heavy (non-hydrogen) atoms. The standard InChI is InChI=1S/C6H7F5O3/c1-14-4(13)3(12)2-5(7,8)6(9,10)11/h3,12H,2H2,1H3. The molecule has 0 spiro atoms. The van der Waals surface area contributed by atoms with Crippen LogP contribution in [0.15, 0.2) is 0 Å². The van der Waals surface area contributed by atoms with Crippen molar-refractivity contribution in [1.29, 1.82) is 0 Å². The van der Waals surface area contributed by atoms with Crippen LogP contribution in [0.5, 0.6) is 0 Å². The maximum atomic E-state index is 12.2. The van der Waals surface area contributed by atoms with E-state index >= 15 is 0 Å². The molecule has 0 aromatic heterocycles. The first-order valence-corrected chi connectivity index (χ1v) is 3.32. The Balaban J connectivity index is 4.44. The van der Waals surface area contributed by atoms with Gasteiger partial charge in [-0.3, -0.25) is 0 Å². The molecule has 8 heteroatoms. The molecule has 0 bridgehead atoms. The molecule has 3 nitrogen and oxygen atoms in total. The summed E-state index contributed by atoms with van der Waals surface area (Å²) in [6.07, 6.45) is -10.3. The number of rotatable bonds is 3. The maximum Gasteiger partial charge on any atom is 0.453 e. The van der Waals surface area contributed by atoms with E-state index in [2.05, 4.69) is 4.74 Å². The lowest BCUT2D eigenvalue weighted by atomic mass is 10.1. The molecule has 1 unspecified atom stereocenters. The summed E-state index contributed by atoms with van der Waals surface area (Å²) >= 11 is 0. The summed E-state index contributed by atoms with van der Waals surface area (Å²) in [6.45, 7) is 0. The zero-order valence-corrected chi connectivity index (χ0v) is 6.94. The van der Waals surface area contributed by atoms with Gasteiger partial charge in [0.1, 0.15) is 0 Å². The van der Waals surface area contributed by atoms with Crippen molar-refractivity contribution in [3.8, 4) is 0 Å². The Hall–Kier alpha value is -0.920. The minimum absolute atomic E-state index is 0.761. The van der Waals surface area contributed by atoms with Gasteiger partial charge in [0, 0.05) is 0 Å². The van der Waals surface area contributed by atoms with Crippen molar-refractivity contribution in [3.63, 3.8) is 0 Å². The largest absolute Gasteiger partial charge is 0.467 e. The molecule has 0 aliphatic rings. The Labute approximate surface area is 75.5 Å². The molecular weight excluding hydrogens is 215 g/mol. The second-order valence-corrected chi connectivity index (χ2v) is 2.45. The zero-order chi connectivity index (χ0) is 11.6. The first-order valence-electron chi connectivity index (χ1n) is 3.32. The molecule has 0 radical (unpaired) electrons. The van der Waals surface area contributed by atoms with Gasteiger partial charge in [-0.05, 0) is 0 Å². The zero-order valence-electron chi connectivity index (χ0n) is 6.94. The lowest BCUT2D eigenvalue weighted by Gasteiger charge is -2.20. The van der Waals surface area contributed by atoms with Crippen LogP contribution in [0, 0.1) is 0 Å². The third-order valence-electron chi connectivity index (χ3n) is 1.34. The van der Waals surface area contributed by atoms with E-state index in [1.165, 1.54) is 0 Å². The van der Waals surface area contributed by atoms with Crippen LogP contribution < -0.4 is 0 Å². The fourth-order valence-corrected chi connectivity index (χ4v) is 0.578. The molecule has 0 amide bonds. The fourth-order valence-electron chi connectivity index (χ4n) is 0.578. The number of carbonyl (C=O) groups is 1. The molecule has 84 valence electrons. The highest BCUT2D eigenvalue weighted by atomic mass is 19.4. The van der Waals surface area contributed by atoms with Gasteiger partial charge >= 0.3 is 18.1 Å². The lowest BCUT2D eigenvalue weighted by molar-refractivity contribution is -0.289. The van der Waals surface area contributed by atoms with Gasteiger partial charge in [-0.25, -0.2) is 4.79 Å². The summed E-state index contributed by atoms with van der Waals surface area (Å²) in [6, 6.07) is 0. The van der Waals surface area contributed by atoms with Crippen LogP contribution in [0.25, 0.3) is 0 Å². The Kier molecular flexibility index (Phi) is 3.81. The molecule has 1 atom stereocenters. The summed E-state index contributed by atoms with van der Waals surface area (Å²) in [5.74, 6) is -6.64. The van der Waals surface area contributed by atoms with Crippen LogP contribution in [0.1, 0.15) is 6.42 Å². The summed E-state index contributed by atoms with van der Waals surface area (Å²) < 4.78 is 62.8. The summed E-state index contributed by atoms with van der Waals surface area (Å²) in [5, 5.41) is 8.56. The summed E-state index contributed by atoms with van der Waals surface area (Å²) in [4.78, 5) is 10.3. The van der Waals surface area contributed by atoms with E-state index < -0.39 is 30.6 Å². The predicted molar refractivity (Wildman–Crippen MR) is 33.6 cm³/mol. The van der Waals surface area contributed by atoms with Crippen LogP contribution in [-0.2, 0) is 9.53 Å². The molecule has 0 fully saturated rings. The van der Waals surface area contributed by atoms with Crippen LogP contribution in [-0.4, -0.2) is 36.4 Å². The monoisotopic (exact) mass is 222 g/mol. The number of esters is 1. The number of alkyl halides is 5. The van der Waals surface area contributed by atoms with Crippen molar-refractivity contribution in [2.45, 2.75) is 24.6 Å². The van der Waals surface area contributed by atoms with Gasteiger partial charge in [0.2, 0.25) is 0 Å². The Bertz CT molecular complexity index is 212. The first-order chi connectivity index (χ1) is 6.12. The van der Waals surface area contributed by atoms with E-state index in [0.717, 1.165) is 7.11 Å². The molecule has 0 aromatic rings. The van der Waals surface area contributed by atoms with Crippen molar-refractivity contribution in [1.82, 2.24) is 0 Å². The number of methoxy groups -OCH3 is 1.